The van der Waals surface area contributed by atoms with E-state index in [1.54, 1.807) is 19.2 Å². The maximum Gasteiger partial charge on any atom is 0.354 e. The largest absolute Gasteiger partial charge is 0.477 e. The molecule has 5 heteroatoms. The van der Waals surface area contributed by atoms with E-state index in [1.807, 2.05) is 0 Å². The fraction of sp³-hybridized carbons (Fsp3) is 0.125. The summed E-state index contributed by atoms with van der Waals surface area (Å²) in [5, 5.41) is 8.86. The fourth-order valence-electron chi connectivity index (χ4n) is 1.27. The first-order valence-electron chi connectivity index (χ1n) is 3.72. The van der Waals surface area contributed by atoms with Gasteiger partial charge in [0, 0.05) is 6.20 Å². The predicted octanol–water partition coefficient (Wildman–Crippen LogP) is 0.736. The van der Waals surface area contributed by atoms with Gasteiger partial charge in [0.1, 0.15) is 12.0 Å². The standard InChI is InChI=1S/C8H7N3O2/c1-5-7(8(12)13)11-4-9-3-2-6(11)10-5/h2-4H,1H3,(H,12,13). The number of carboxylic acid groups (broad SMARTS) is 1. The van der Waals surface area contributed by atoms with Crippen LogP contribution in [-0.4, -0.2) is 25.4 Å². The normalized spacial score (nSPS) is 10.5. The van der Waals surface area contributed by atoms with Crippen LogP contribution in [-0.2, 0) is 0 Å². The van der Waals surface area contributed by atoms with Crippen molar-refractivity contribution in [2.45, 2.75) is 6.92 Å². The van der Waals surface area contributed by atoms with Gasteiger partial charge in [0.2, 0.25) is 0 Å². The first kappa shape index (κ1) is 7.72. The number of rotatable bonds is 1. The lowest BCUT2D eigenvalue weighted by molar-refractivity contribution is 0.0688. The van der Waals surface area contributed by atoms with E-state index in [9.17, 15) is 4.79 Å². The van der Waals surface area contributed by atoms with Gasteiger partial charge in [0.15, 0.2) is 5.69 Å². The van der Waals surface area contributed by atoms with Gasteiger partial charge in [0.25, 0.3) is 0 Å². The van der Waals surface area contributed by atoms with Crippen molar-refractivity contribution >= 4 is 11.6 Å². The summed E-state index contributed by atoms with van der Waals surface area (Å²) < 4.78 is 1.46. The topological polar surface area (TPSA) is 67.5 Å². The van der Waals surface area contributed by atoms with E-state index in [0.717, 1.165) is 0 Å². The molecule has 1 N–H and O–H groups in total. The summed E-state index contributed by atoms with van der Waals surface area (Å²) in [6.07, 6.45) is 3.02. The Morgan fingerprint density at radius 2 is 2.38 bits per heavy atom. The van der Waals surface area contributed by atoms with E-state index >= 15 is 0 Å². The van der Waals surface area contributed by atoms with E-state index in [-0.39, 0.29) is 5.69 Å². The number of aromatic nitrogens is 3. The van der Waals surface area contributed by atoms with Gasteiger partial charge < -0.3 is 5.11 Å². The average molecular weight is 177 g/mol. The second-order valence-corrected chi connectivity index (χ2v) is 2.66. The number of hydrogen-bond acceptors (Lipinski definition) is 3. The molecule has 0 spiro atoms. The molecule has 5 nitrogen and oxygen atoms in total. The van der Waals surface area contributed by atoms with Crippen LogP contribution in [0.5, 0.6) is 0 Å². The van der Waals surface area contributed by atoms with Gasteiger partial charge in [-0.15, -0.1) is 0 Å². The molecule has 66 valence electrons. The lowest BCUT2D eigenvalue weighted by Crippen LogP contribution is -2.03. The molecule has 0 aliphatic carbocycles. The number of hydrogen-bond donors (Lipinski definition) is 1. The Morgan fingerprint density at radius 1 is 1.62 bits per heavy atom. The van der Waals surface area contributed by atoms with Gasteiger partial charge in [-0.05, 0) is 13.0 Å². The van der Waals surface area contributed by atoms with Crippen LogP contribution in [0, 0.1) is 6.92 Å². The lowest BCUT2D eigenvalue weighted by Gasteiger charge is -1.94. The van der Waals surface area contributed by atoms with Crippen molar-refractivity contribution in [3.05, 3.63) is 30.0 Å². The molecule has 0 saturated heterocycles. The molecule has 0 fully saturated rings. The Bertz CT molecular complexity index is 475. The van der Waals surface area contributed by atoms with E-state index in [1.165, 1.54) is 10.7 Å². The monoisotopic (exact) mass is 177 g/mol. The molecule has 0 atom stereocenters. The summed E-state index contributed by atoms with van der Waals surface area (Å²) in [5.74, 6) is -0.988. The van der Waals surface area contributed by atoms with Crippen molar-refractivity contribution in [1.29, 1.82) is 0 Å². The van der Waals surface area contributed by atoms with Crippen LogP contribution in [0.25, 0.3) is 5.65 Å². The van der Waals surface area contributed by atoms with Crippen molar-refractivity contribution in [3.8, 4) is 0 Å². The van der Waals surface area contributed by atoms with Crippen LogP contribution in [0.4, 0.5) is 0 Å². The second kappa shape index (κ2) is 2.55. The zero-order valence-corrected chi connectivity index (χ0v) is 6.93. The smallest absolute Gasteiger partial charge is 0.354 e. The number of aryl methyl sites for hydroxylation is 1. The number of nitrogens with zero attached hydrogens (tertiary/aromatic N) is 3. The third-order valence-electron chi connectivity index (χ3n) is 1.81. The highest BCUT2D eigenvalue weighted by atomic mass is 16.4. The van der Waals surface area contributed by atoms with Crippen molar-refractivity contribution in [1.82, 2.24) is 14.4 Å². The molecule has 0 amide bonds. The Kier molecular flexibility index (Phi) is 1.51. The molecular formula is C8H7N3O2. The van der Waals surface area contributed by atoms with Crippen LogP contribution in [0.1, 0.15) is 16.2 Å². The number of imidazole rings is 1. The average Bonchev–Trinajstić information content (AvgIpc) is 2.39. The van der Waals surface area contributed by atoms with Crippen LogP contribution in [0.3, 0.4) is 0 Å². The molecule has 2 aromatic heterocycles. The third-order valence-corrected chi connectivity index (χ3v) is 1.81. The second-order valence-electron chi connectivity index (χ2n) is 2.66. The molecule has 0 aliphatic heterocycles. The number of carbonyl (C=O) groups is 1. The number of fused-ring (bicyclic) bond motifs is 1. The van der Waals surface area contributed by atoms with Gasteiger partial charge in [-0.1, -0.05) is 0 Å². The Labute approximate surface area is 73.7 Å². The summed E-state index contributed by atoms with van der Waals surface area (Å²) in [7, 11) is 0. The van der Waals surface area contributed by atoms with Crippen LogP contribution < -0.4 is 0 Å². The van der Waals surface area contributed by atoms with E-state index < -0.39 is 5.97 Å². The van der Waals surface area contributed by atoms with Gasteiger partial charge in [0.05, 0.1) is 5.69 Å². The number of carboxylic acids is 1. The zero-order valence-electron chi connectivity index (χ0n) is 6.93. The zero-order chi connectivity index (χ0) is 9.42. The molecule has 2 rings (SSSR count). The summed E-state index contributed by atoms with van der Waals surface area (Å²) in [5.41, 5.74) is 1.27. The molecule has 2 aromatic rings. The van der Waals surface area contributed by atoms with Gasteiger partial charge in [-0.25, -0.2) is 14.8 Å². The predicted molar refractivity (Wildman–Crippen MR) is 44.7 cm³/mol. The Hall–Kier alpha value is -1.91. The van der Waals surface area contributed by atoms with E-state index in [0.29, 0.717) is 11.3 Å². The fourth-order valence-corrected chi connectivity index (χ4v) is 1.27. The molecule has 0 aliphatic rings. The van der Waals surface area contributed by atoms with Crippen LogP contribution in [0.15, 0.2) is 18.6 Å². The Morgan fingerprint density at radius 3 is 3.08 bits per heavy atom. The number of aromatic carboxylic acids is 1. The molecule has 13 heavy (non-hydrogen) atoms. The molecule has 0 unspecified atom stereocenters. The molecular weight excluding hydrogens is 170 g/mol. The minimum Gasteiger partial charge on any atom is -0.477 e. The van der Waals surface area contributed by atoms with E-state index in [2.05, 4.69) is 9.97 Å². The van der Waals surface area contributed by atoms with Crippen molar-refractivity contribution in [2.24, 2.45) is 0 Å². The van der Waals surface area contributed by atoms with Crippen LogP contribution in [0.2, 0.25) is 0 Å². The van der Waals surface area contributed by atoms with Crippen molar-refractivity contribution < 1.29 is 9.90 Å². The highest BCUT2D eigenvalue weighted by molar-refractivity contribution is 5.88. The minimum absolute atomic E-state index is 0.170. The SMILES string of the molecule is Cc1nc2ccncn2c1C(=O)O. The summed E-state index contributed by atoms with van der Waals surface area (Å²) in [6, 6.07) is 1.67. The molecule has 0 aromatic carbocycles. The highest BCUT2D eigenvalue weighted by Gasteiger charge is 2.14. The van der Waals surface area contributed by atoms with Gasteiger partial charge >= 0.3 is 5.97 Å². The van der Waals surface area contributed by atoms with Gasteiger partial charge in [-0.2, -0.15) is 0 Å². The first-order chi connectivity index (χ1) is 6.20. The summed E-state index contributed by atoms with van der Waals surface area (Å²) in [6.45, 7) is 1.66. The summed E-state index contributed by atoms with van der Waals surface area (Å²) >= 11 is 0. The lowest BCUT2D eigenvalue weighted by atomic mass is 10.3. The third kappa shape index (κ3) is 1.05. The van der Waals surface area contributed by atoms with Crippen molar-refractivity contribution in [3.63, 3.8) is 0 Å². The van der Waals surface area contributed by atoms with Crippen LogP contribution >= 0.6 is 0 Å². The molecule has 0 radical (unpaired) electrons. The maximum atomic E-state index is 10.8. The molecule has 0 bridgehead atoms. The quantitative estimate of drug-likeness (QED) is 0.697. The van der Waals surface area contributed by atoms with E-state index in [4.69, 9.17) is 5.11 Å². The molecule has 2 heterocycles. The van der Waals surface area contributed by atoms with Gasteiger partial charge in [-0.3, -0.25) is 4.40 Å². The molecule has 0 saturated carbocycles. The highest BCUT2D eigenvalue weighted by Crippen LogP contribution is 2.09. The Balaban J connectivity index is 2.86. The minimum atomic E-state index is -0.988. The first-order valence-corrected chi connectivity index (χ1v) is 3.72. The van der Waals surface area contributed by atoms with Crippen molar-refractivity contribution in [2.75, 3.05) is 0 Å². The maximum absolute atomic E-state index is 10.8. The summed E-state index contributed by atoms with van der Waals surface area (Å²) in [4.78, 5) is 18.7.